The zero-order valence-corrected chi connectivity index (χ0v) is 17.8. The van der Waals surface area contributed by atoms with Crippen molar-refractivity contribution in [3.8, 4) is 23.5 Å². The molecule has 0 bridgehead atoms. The molecule has 7 nitrogen and oxygen atoms in total. The third-order valence-electron chi connectivity index (χ3n) is 4.19. The highest BCUT2D eigenvalue weighted by Crippen LogP contribution is 2.34. The lowest BCUT2D eigenvalue weighted by Gasteiger charge is -2.28. The molecule has 2 aromatic rings. The van der Waals surface area contributed by atoms with Crippen LogP contribution in [0.5, 0.6) is 0 Å². The lowest BCUT2D eigenvalue weighted by Crippen LogP contribution is -2.37. The summed E-state index contributed by atoms with van der Waals surface area (Å²) in [5.41, 5.74) is 3.01. The Morgan fingerprint density at radius 1 is 1.29 bits per heavy atom. The van der Waals surface area contributed by atoms with Gasteiger partial charge in [-0.3, -0.25) is 14.6 Å². The van der Waals surface area contributed by atoms with Gasteiger partial charge in [-0.2, -0.15) is 5.10 Å². The Kier molecular flexibility index (Phi) is 8.24. The Morgan fingerprint density at radius 2 is 1.97 bits per heavy atom. The van der Waals surface area contributed by atoms with Crippen molar-refractivity contribution in [3.63, 3.8) is 0 Å². The number of hydrogen-bond donors (Lipinski definition) is 3. The van der Waals surface area contributed by atoms with Crippen molar-refractivity contribution in [3.05, 3.63) is 64.3 Å². The number of aliphatic hydroxyl groups is 1. The van der Waals surface area contributed by atoms with E-state index in [0.717, 1.165) is 16.7 Å². The predicted octanol–water partition coefficient (Wildman–Crippen LogP) is 3.90. The number of fused-ring (bicyclic) bond motifs is 1. The maximum absolute atomic E-state index is 12.4. The summed E-state index contributed by atoms with van der Waals surface area (Å²) in [4.78, 5) is 23.1. The Hall–Kier alpha value is -3.76. The van der Waals surface area contributed by atoms with Crippen LogP contribution < -0.4 is 5.32 Å². The maximum Gasteiger partial charge on any atom is 0.322 e. The number of carboxylic acid groups (broad SMARTS) is 1. The minimum absolute atomic E-state index is 0.0950. The fraction of sp³-hybridized carbons (Fsp3) is 0.174. The highest BCUT2D eigenvalue weighted by molar-refractivity contribution is 6.30. The first-order chi connectivity index (χ1) is 14.8. The molecule has 31 heavy (non-hydrogen) atoms. The molecule has 0 radical (unpaired) electrons. The molecule has 0 saturated heterocycles. The van der Waals surface area contributed by atoms with Gasteiger partial charge in [0, 0.05) is 16.8 Å². The summed E-state index contributed by atoms with van der Waals surface area (Å²) >= 11 is 6.07. The number of nitrogens with one attached hydrogen (secondary N) is 1. The van der Waals surface area contributed by atoms with Crippen molar-refractivity contribution in [2.45, 2.75) is 20.4 Å². The van der Waals surface area contributed by atoms with Crippen LogP contribution >= 0.6 is 11.6 Å². The average molecular weight is 440 g/mol. The smallest absolute Gasteiger partial charge is 0.322 e. The van der Waals surface area contributed by atoms with E-state index < -0.39 is 18.4 Å². The van der Waals surface area contributed by atoms with Gasteiger partial charge in [-0.15, -0.1) is 12.3 Å². The molecular formula is C23H22ClN3O4. The molecule has 1 aliphatic heterocycles. The fourth-order valence-corrected chi connectivity index (χ4v) is 3.19. The lowest BCUT2D eigenvalue weighted by molar-refractivity contribution is -0.137. The highest BCUT2D eigenvalue weighted by Gasteiger charge is 2.30. The summed E-state index contributed by atoms with van der Waals surface area (Å²) in [5, 5.41) is 27.8. The van der Waals surface area contributed by atoms with Crippen molar-refractivity contribution < 1.29 is 19.8 Å². The SMILES string of the molecule is C#CC.C/C=N\N1Cc2cc(-c3cccc(Cl)c3)ccc2C(O)=C1C(=O)NCC(=O)O. The van der Waals surface area contributed by atoms with E-state index in [0.29, 0.717) is 10.6 Å². The first kappa shape index (κ1) is 23.5. The molecule has 3 N–H and O–H groups in total. The maximum atomic E-state index is 12.4. The summed E-state index contributed by atoms with van der Waals surface area (Å²) < 4.78 is 0. The van der Waals surface area contributed by atoms with Crippen molar-refractivity contribution in [2.75, 3.05) is 6.54 Å². The van der Waals surface area contributed by atoms with Gasteiger partial charge in [0.1, 0.15) is 6.54 Å². The number of carboxylic acids is 1. The van der Waals surface area contributed by atoms with Gasteiger partial charge in [0.25, 0.3) is 5.91 Å². The molecule has 0 fully saturated rings. The Labute approximate surface area is 185 Å². The van der Waals surface area contributed by atoms with Gasteiger partial charge in [0.15, 0.2) is 11.5 Å². The van der Waals surface area contributed by atoms with E-state index in [4.69, 9.17) is 16.7 Å². The molecule has 0 aliphatic carbocycles. The first-order valence-electron chi connectivity index (χ1n) is 9.28. The summed E-state index contributed by atoms with van der Waals surface area (Å²) in [6.07, 6.45) is 6.09. The number of carbonyl (C=O) groups is 2. The van der Waals surface area contributed by atoms with E-state index in [1.54, 1.807) is 26.0 Å². The second-order valence-corrected chi connectivity index (χ2v) is 6.81. The van der Waals surface area contributed by atoms with Crippen LogP contribution in [-0.2, 0) is 16.1 Å². The van der Waals surface area contributed by atoms with Crippen LogP contribution in [0.25, 0.3) is 16.9 Å². The summed E-state index contributed by atoms with van der Waals surface area (Å²) in [6, 6.07) is 12.9. The molecule has 0 saturated carbocycles. The number of aliphatic carboxylic acids is 1. The molecule has 0 aromatic heterocycles. The Morgan fingerprint density at radius 3 is 2.58 bits per heavy atom. The largest absolute Gasteiger partial charge is 0.505 e. The molecule has 8 heteroatoms. The van der Waals surface area contributed by atoms with Gasteiger partial charge in [-0.05, 0) is 48.7 Å². The molecular weight excluding hydrogens is 418 g/mol. The third-order valence-corrected chi connectivity index (χ3v) is 4.43. The molecule has 0 atom stereocenters. The van der Waals surface area contributed by atoms with Crippen LogP contribution in [0.4, 0.5) is 0 Å². The van der Waals surface area contributed by atoms with Gasteiger partial charge in [-0.25, -0.2) is 0 Å². The topological polar surface area (TPSA) is 102 Å². The Balaban J connectivity index is 0.00000107. The zero-order valence-electron chi connectivity index (χ0n) is 17.1. The van der Waals surface area contributed by atoms with Crippen LogP contribution in [0.3, 0.4) is 0 Å². The number of aliphatic hydroxyl groups excluding tert-OH is 1. The highest BCUT2D eigenvalue weighted by atomic mass is 35.5. The number of terminal acetylenes is 1. The quantitative estimate of drug-likeness (QED) is 0.484. The molecule has 160 valence electrons. The van der Waals surface area contributed by atoms with Gasteiger partial charge in [-0.1, -0.05) is 35.9 Å². The standard InChI is InChI=1S/C20H18ClN3O4.C3H4/c1-2-23-24-11-14-8-13(12-4-3-5-15(21)9-12)6-7-16(14)19(27)18(24)20(28)22-10-17(25)26;1-3-2/h2-9,27H,10-11H2,1H3,(H,22,28)(H,25,26);1H,2H3/b23-2-;. The van der Waals surface area contributed by atoms with Crippen LogP contribution in [0.1, 0.15) is 25.0 Å². The van der Waals surface area contributed by atoms with Gasteiger partial charge >= 0.3 is 5.97 Å². The van der Waals surface area contributed by atoms with E-state index in [1.165, 1.54) is 11.2 Å². The van der Waals surface area contributed by atoms with Gasteiger partial charge < -0.3 is 15.5 Å². The Bertz CT molecular complexity index is 1090. The van der Waals surface area contributed by atoms with E-state index in [1.807, 2.05) is 30.3 Å². The third kappa shape index (κ3) is 5.87. The number of carbonyl (C=O) groups excluding carboxylic acids is 1. The molecule has 1 heterocycles. The van der Waals surface area contributed by atoms with Crippen LogP contribution in [0.2, 0.25) is 5.02 Å². The number of amides is 1. The second-order valence-electron chi connectivity index (χ2n) is 6.38. The van der Waals surface area contributed by atoms with Crippen LogP contribution in [0.15, 0.2) is 53.3 Å². The molecule has 1 amide bonds. The van der Waals surface area contributed by atoms with Gasteiger partial charge in [0.2, 0.25) is 0 Å². The second kappa shape index (κ2) is 10.9. The van der Waals surface area contributed by atoms with Crippen LogP contribution in [-0.4, -0.2) is 39.9 Å². The van der Waals surface area contributed by atoms with E-state index in [-0.39, 0.29) is 18.0 Å². The number of halogens is 1. The summed E-state index contributed by atoms with van der Waals surface area (Å²) in [5.74, 6) is 0.101. The number of rotatable bonds is 5. The average Bonchev–Trinajstić information content (AvgIpc) is 2.72. The summed E-state index contributed by atoms with van der Waals surface area (Å²) in [7, 11) is 0. The number of hydrazone groups is 1. The monoisotopic (exact) mass is 439 g/mol. The van der Waals surface area contributed by atoms with Crippen molar-refractivity contribution in [1.82, 2.24) is 10.3 Å². The van der Waals surface area contributed by atoms with E-state index in [9.17, 15) is 14.7 Å². The lowest BCUT2D eigenvalue weighted by atomic mass is 9.95. The molecule has 0 spiro atoms. The van der Waals surface area contributed by atoms with E-state index in [2.05, 4.69) is 22.8 Å². The normalized spacial score (nSPS) is 12.5. The van der Waals surface area contributed by atoms with Crippen molar-refractivity contribution in [2.24, 2.45) is 5.10 Å². The number of benzene rings is 2. The number of hydrogen-bond acceptors (Lipinski definition) is 5. The molecule has 0 unspecified atom stereocenters. The van der Waals surface area contributed by atoms with E-state index >= 15 is 0 Å². The zero-order chi connectivity index (χ0) is 23.0. The fourth-order valence-electron chi connectivity index (χ4n) is 3.00. The van der Waals surface area contributed by atoms with Crippen molar-refractivity contribution >= 4 is 35.5 Å². The van der Waals surface area contributed by atoms with Gasteiger partial charge in [0.05, 0.1) is 6.54 Å². The summed E-state index contributed by atoms with van der Waals surface area (Å²) in [6.45, 7) is 3.02. The number of nitrogens with zero attached hydrogens (tertiary/aromatic N) is 2. The minimum atomic E-state index is -1.18. The first-order valence-corrected chi connectivity index (χ1v) is 9.66. The molecule has 2 aromatic carbocycles. The molecule has 1 aliphatic rings. The van der Waals surface area contributed by atoms with Crippen molar-refractivity contribution in [1.29, 1.82) is 0 Å². The molecule has 3 rings (SSSR count). The van der Waals surface area contributed by atoms with Crippen LogP contribution in [0, 0.1) is 12.3 Å². The minimum Gasteiger partial charge on any atom is -0.505 e. The predicted molar refractivity (Wildman–Crippen MR) is 121 cm³/mol.